The van der Waals surface area contributed by atoms with Crippen LogP contribution in [-0.2, 0) is 0 Å². The first-order valence-corrected chi connectivity index (χ1v) is 12.9. The maximum Gasteiger partial charge on any atom is 0.0459 e. The first-order chi connectivity index (χ1) is 13.7. The third kappa shape index (κ3) is 24.0. The number of unbranched alkanes of at least 4 members (excludes halogenated alkanes) is 10. The minimum atomic E-state index is 0.396. The van der Waals surface area contributed by atoms with E-state index in [-0.39, 0.29) is 0 Å². The summed E-state index contributed by atoms with van der Waals surface area (Å²) in [6, 6.07) is 0. The summed E-state index contributed by atoms with van der Waals surface area (Å²) in [4.78, 5) is 0. The van der Waals surface area contributed by atoms with E-state index in [9.17, 15) is 5.11 Å². The lowest BCUT2D eigenvalue weighted by atomic mass is 9.95. The van der Waals surface area contributed by atoms with E-state index in [0.717, 1.165) is 0 Å². The largest absolute Gasteiger partial charge is 0.396 e. The van der Waals surface area contributed by atoms with Gasteiger partial charge >= 0.3 is 0 Å². The molecule has 0 heterocycles. The zero-order valence-electron chi connectivity index (χ0n) is 20.2. The molecule has 0 atom stereocenters. The van der Waals surface area contributed by atoms with Crippen molar-refractivity contribution < 1.29 is 10.2 Å². The summed E-state index contributed by atoms with van der Waals surface area (Å²) in [6.07, 6.45) is 23.4. The molecule has 0 aliphatic rings. The molecule has 0 bridgehead atoms. The summed E-state index contributed by atoms with van der Waals surface area (Å²) in [5.41, 5.74) is 0. The minimum Gasteiger partial charge on any atom is -0.396 e. The Balaban J connectivity index is 0. The van der Waals surface area contributed by atoms with Crippen LogP contribution in [0.1, 0.15) is 143 Å². The minimum absolute atomic E-state index is 0.396. The lowest BCUT2D eigenvalue weighted by Gasteiger charge is -2.13. The van der Waals surface area contributed by atoms with Crippen molar-refractivity contribution in [2.75, 3.05) is 13.2 Å². The molecule has 0 aliphatic heterocycles. The van der Waals surface area contributed by atoms with E-state index < -0.39 is 0 Å². The Morgan fingerprint density at radius 3 is 0.893 bits per heavy atom. The Hall–Kier alpha value is -0.0800. The SMILES string of the molecule is CCCCCC(CO)CCCCC.CCCCCCC(CO)CCCCCC. The molecule has 2 heteroatoms. The molecule has 0 aromatic carbocycles. The highest BCUT2D eigenvalue weighted by Gasteiger charge is 2.07. The van der Waals surface area contributed by atoms with Crippen molar-refractivity contribution in [1.29, 1.82) is 0 Å². The number of aliphatic hydroxyl groups excluding tert-OH is 2. The van der Waals surface area contributed by atoms with Crippen molar-refractivity contribution in [3.05, 3.63) is 0 Å². The van der Waals surface area contributed by atoms with Crippen LogP contribution in [0.5, 0.6) is 0 Å². The lowest BCUT2D eigenvalue weighted by Crippen LogP contribution is -2.06. The van der Waals surface area contributed by atoms with Gasteiger partial charge in [0, 0.05) is 13.2 Å². The van der Waals surface area contributed by atoms with Gasteiger partial charge in [0.15, 0.2) is 0 Å². The quantitative estimate of drug-likeness (QED) is 0.202. The van der Waals surface area contributed by atoms with Gasteiger partial charge in [-0.3, -0.25) is 0 Å². The van der Waals surface area contributed by atoms with Crippen LogP contribution in [0.15, 0.2) is 0 Å². The highest BCUT2D eigenvalue weighted by Crippen LogP contribution is 2.18. The van der Waals surface area contributed by atoms with Crippen LogP contribution in [0.4, 0.5) is 0 Å². The van der Waals surface area contributed by atoms with Crippen molar-refractivity contribution in [3.8, 4) is 0 Å². The van der Waals surface area contributed by atoms with Gasteiger partial charge in [-0.15, -0.1) is 0 Å². The molecule has 2 N–H and O–H groups in total. The lowest BCUT2D eigenvalue weighted by molar-refractivity contribution is 0.204. The normalized spacial score (nSPS) is 11.1. The van der Waals surface area contributed by atoms with Crippen molar-refractivity contribution in [2.24, 2.45) is 11.8 Å². The van der Waals surface area contributed by atoms with E-state index in [0.29, 0.717) is 25.0 Å². The summed E-state index contributed by atoms with van der Waals surface area (Å²) in [7, 11) is 0. The molecule has 0 aliphatic carbocycles. The fourth-order valence-electron chi connectivity index (χ4n) is 3.74. The molecule has 0 aromatic heterocycles. The molecule has 2 nitrogen and oxygen atoms in total. The van der Waals surface area contributed by atoms with E-state index in [1.54, 1.807) is 0 Å². The van der Waals surface area contributed by atoms with Gasteiger partial charge in [-0.05, 0) is 37.5 Å². The molecule has 0 saturated carbocycles. The monoisotopic (exact) mass is 400 g/mol. The summed E-state index contributed by atoms with van der Waals surface area (Å²) in [5, 5.41) is 18.4. The van der Waals surface area contributed by atoms with Gasteiger partial charge in [0.25, 0.3) is 0 Å². The number of rotatable bonds is 20. The Labute approximate surface area is 178 Å². The van der Waals surface area contributed by atoms with E-state index in [4.69, 9.17) is 5.11 Å². The number of hydrogen-bond acceptors (Lipinski definition) is 2. The van der Waals surface area contributed by atoms with Crippen molar-refractivity contribution in [1.82, 2.24) is 0 Å². The van der Waals surface area contributed by atoms with Gasteiger partial charge in [-0.2, -0.15) is 0 Å². The average Bonchev–Trinajstić information content (AvgIpc) is 2.72. The molecule has 0 aromatic rings. The number of hydrogen-bond donors (Lipinski definition) is 2. The highest BCUT2D eigenvalue weighted by molar-refractivity contribution is 4.59. The van der Waals surface area contributed by atoms with Crippen LogP contribution >= 0.6 is 0 Å². The maximum atomic E-state index is 9.24. The fourth-order valence-corrected chi connectivity index (χ4v) is 3.74. The Kier molecular flexibility index (Phi) is 29.0. The van der Waals surface area contributed by atoms with Gasteiger partial charge in [0.05, 0.1) is 0 Å². The smallest absolute Gasteiger partial charge is 0.0459 e. The van der Waals surface area contributed by atoms with Gasteiger partial charge in [-0.1, -0.05) is 118 Å². The van der Waals surface area contributed by atoms with Crippen molar-refractivity contribution in [3.63, 3.8) is 0 Å². The molecular formula is C26H56O2. The summed E-state index contributed by atoms with van der Waals surface area (Å²) < 4.78 is 0. The standard InChI is InChI=1S/C14H30O.C12H26O/c1-3-5-7-9-11-14(13-15)12-10-8-6-4-2;1-3-5-7-9-12(11-13)10-8-6-4-2/h14-15H,3-13H2,1-2H3;12-13H,3-11H2,1-2H3. The third-order valence-electron chi connectivity index (χ3n) is 5.88. The molecule has 172 valence electrons. The molecule has 0 radical (unpaired) electrons. The summed E-state index contributed by atoms with van der Waals surface area (Å²) >= 11 is 0. The molecular weight excluding hydrogens is 344 g/mol. The first-order valence-electron chi connectivity index (χ1n) is 12.9. The predicted octanol–water partition coefficient (Wildman–Crippen LogP) is 8.29. The van der Waals surface area contributed by atoms with Gasteiger partial charge < -0.3 is 10.2 Å². The molecule has 0 saturated heterocycles. The van der Waals surface area contributed by atoms with Crippen LogP contribution in [0.3, 0.4) is 0 Å². The van der Waals surface area contributed by atoms with Crippen LogP contribution in [0.2, 0.25) is 0 Å². The van der Waals surface area contributed by atoms with Crippen LogP contribution in [0.25, 0.3) is 0 Å². The Morgan fingerprint density at radius 1 is 0.393 bits per heavy atom. The van der Waals surface area contributed by atoms with Crippen LogP contribution < -0.4 is 0 Å². The third-order valence-corrected chi connectivity index (χ3v) is 5.88. The predicted molar refractivity (Wildman–Crippen MR) is 127 cm³/mol. The number of aliphatic hydroxyl groups is 2. The average molecular weight is 401 g/mol. The van der Waals surface area contributed by atoms with E-state index in [2.05, 4.69) is 27.7 Å². The summed E-state index contributed by atoms with van der Waals surface area (Å²) in [5.74, 6) is 1.16. The Bertz CT molecular complexity index is 233. The molecule has 0 amide bonds. The summed E-state index contributed by atoms with van der Waals surface area (Å²) in [6.45, 7) is 9.74. The second-order valence-corrected chi connectivity index (χ2v) is 8.79. The second kappa shape index (κ2) is 26.9. The van der Waals surface area contributed by atoms with E-state index in [1.165, 1.54) is 116 Å². The van der Waals surface area contributed by atoms with Gasteiger partial charge in [-0.25, -0.2) is 0 Å². The van der Waals surface area contributed by atoms with Crippen molar-refractivity contribution in [2.45, 2.75) is 143 Å². The van der Waals surface area contributed by atoms with Gasteiger partial charge in [0.2, 0.25) is 0 Å². The van der Waals surface area contributed by atoms with Crippen LogP contribution in [0, 0.1) is 11.8 Å². The second-order valence-electron chi connectivity index (χ2n) is 8.79. The molecule has 0 spiro atoms. The van der Waals surface area contributed by atoms with Gasteiger partial charge in [0.1, 0.15) is 0 Å². The zero-order valence-corrected chi connectivity index (χ0v) is 20.2. The Morgan fingerprint density at radius 2 is 0.643 bits per heavy atom. The van der Waals surface area contributed by atoms with Crippen molar-refractivity contribution >= 4 is 0 Å². The molecule has 0 fully saturated rings. The molecule has 0 rings (SSSR count). The first kappa shape index (κ1) is 30.1. The maximum absolute atomic E-state index is 9.24. The molecule has 28 heavy (non-hydrogen) atoms. The van der Waals surface area contributed by atoms with E-state index in [1.807, 2.05) is 0 Å². The van der Waals surface area contributed by atoms with E-state index >= 15 is 0 Å². The fraction of sp³-hybridized carbons (Fsp3) is 1.00. The topological polar surface area (TPSA) is 40.5 Å². The zero-order chi connectivity index (χ0) is 21.3. The van der Waals surface area contributed by atoms with Crippen LogP contribution in [-0.4, -0.2) is 23.4 Å². The highest BCUT2D eigenvalue weighted by atomic mass is 16.3. The molecule has 0 unspecified atom stereocenters.